The van der Waals surface area contributed by atoms with Crippen LogP contribution in [-0.4, -0.2) is 20.1 Å². The third-order valence-corrected chi connectivity index (χ3v) is 3.46. The van der Waals surface area contributed by atoms with Gasteiger partial charge < -0.3 is 4.74 Å². The molecule has 6 heteroatoms. The molecular formula is C10H11NO4S. The van der Waals surface area contributed by atoms with Gasteiger partial charge >= 0.3 is 5.97 Å². The summed E-state index contributed by atoms with van der Waals surface area (Å²) >= 11 is 0. The van der Waals surface area contributed by atoms with Gasteiger partial charge in [0, 0.05) is 5.56 Å². The Kier molecular flexibility index (Phi) is 2.28. The predicted octanol–water partition coefficient (Wildman–Crippen LogP) is 0.361. The zero-order valence-corrected chi connectivity index (χ0v) is 9.45. The predicted molar refractivity (Wildman–Crippen MR) is 57.2 cm³/mol. The second-order valence-electron chi connectivity index (χ2n) is 3.97. The number of carbonyl (C=O) groups is 1. The molecule has 86 valence electrons. The highest BCUT2D eigenvalue weighted by atomic mass is 32.2. The number of sulfonamides is 1. The largest absolute Gasteiger partial charge is 0.450 e. The van der Waals surface area contributed by atoms with Gasteiger partial charge in [-0.2, -0.15) is 0 Å². The molecule has 1 aromatic carbocycles. The molecule has 5 nitrogen and oxygen atoms in total. The van der Waals surface area contributed by atoms with Crippen molar-refractivity contribution in [1.29, 1.82) is 0 Å². The van der Waals surface area contributed by atoms with Gasteiger partial charge in [0.05, 0.1) is 5.56 Å². The molecule has 0 radical (unpaired) electrons. The number of ether oxygens (including phenoxy) is 1. The summed E-state index contributed by atoms with van der Waals surface area (Å²) in [6.45, 7) is 1.54. The number of carbonyl (C=O) groups excluding carboxylic acids is 1. The fourth-order valence-electron chi connectivity index (χ4n) is 1.93. The van der Waals surface area contributed by atoms with Gasteiger partial charge in [-0.15, -0.1) is 0 Å². The van der Waals surface area contributed by atoms with Gasteiger partial charge in [-0.05, 0) is 13.0 Å². The fraction of sp³-hybridized carbons (Fsp3) is 0.300. The van der Waals surface area contributed by atoms with Crippen LogP contribution in [0.2, 0.25) is 0 Å². The zero-order valence-electron chi connectivity index (χ0n) is 8.64. The average molecular weight is 241 g/mol. The Morgan fingerprint density at radius 2 is 2.00 bits per heavy atom. The molecule has 2 N–H and O–H groups in total. The molecule has 0 bridgehead atoms. The molecule has 1 aromatic rings. The lowest BCUT2D eigenvalue weighted by Gasteiger charge is -2.22. The lowest BCUT2D eigenvalue weighted by molar-refractivity contribution is 0.0110. The maximum atomic E-state index is 11.5. The van der Waals surface area contributed by atoms with Gasteiger partial charge in [0.1, 0.15) is 5.75 Å². The summed E-state index contributed by atoms with van der Waals surface area (Å²) in [5.74, 6) is -0.926. The van der Waals surface area contributed by atoms with E-state index in [1.165, 1.54) is 0 Å². The van der Waals surface area contributed by atoms with Crippen molar-refractivity contribution >= 4 is 16.0 Å². The first-order valence-electron chi connectivity index (χ1n) is 4.65. The highest BCUT2D eigenvalue weighted by Crippen LogP contribution is 2.36. The maximum Gasteiger partial charge on any atom is 0.339 e. The zero-order chi connectivity index (χ0) is 12.0. The van der Waals surface area contributed by atoms with Crippen molar-refractivity contribution in [3.8, 4) is 0 Å². The Morgan fingerprint density at radius 1 is 1.38 bits per heavy atom. The van der Waals surface area contributed by atoms with Crippen LogP contribution in [0.4, 0.5) is 0 Å². The molecule has 1 atom stereocenters. The summed E-state index contributed by atoms with van der Waals surface area (Å²) in [6.07, 6.45) is 0. The quantitative estimate of drug-likeness (QED) is 0.757. The van der Waals surface area contributed by atoms with E-state index in [9.17, 15) is 13.2 Å². The minimum atomic E-state index is -3.71. The molecule has 0 saturated heterocycles. The normalized spacial score (nSPS) is 24.0. The Balaban J connectivity index is 2.51. The van der Waals surface area contributed by atoms with Crippen molar-refractivity contribution in [3.63, 3.8) is 0 Å². The van der Waals surface area contributed by atoms with Crippen molar-refractivity contribution in [2.45, 2.75) is 12.5 Å². The fourth-order valence-corrected chi connectivity index (χ4v) is 2.91. The highest BCUT2D eigenvalue weighted by molar-refractivity contribution is 7.89. The molecule has 0 saturated carbocycles. The third kappa shape index (κ3) is 1.81. The molecule has 0 fully saturated rings. The minimum absolute atomic E-state index is 0.397. The summed E-state index contributed by atoms with van der Waals surface area (Å²) in [4.78, 5) is 11.5. The first-order valence-corrected chi connectivity index (χ1v) is 6.37. The van der Waals surface area contributed by atoms with Crippen LogP contribution in [0.5, 0.6) is 0 Å². The van der Waals surface area contributed by atoms with Crippen LogP contribution in [0.15, 0.2) is 24.3 Å². The second-order valence-corrected chi connectivity index (χ2v) is 5.59. The topological polar surface area (TPSA) is 86.5 Å². The molecule has 16 heavy (non-hydrogen) atoms. The number of benzene rings is 1. The van der Waals surface area contributed by atoms with Crippen LogP contribution in [0, 0.1) is 0 Å². The second kappa shape index (κ2) is 3.29. The van der Waals surface area contributed by atoms with Crippen LogP contribution in [0.25, 0.3) is 0 Å². The number of hydrogen-bond acceptors (Lipinski definition) is 4. The van der Waals surface area contributed by atoms with E-state index >= 15 is 0 Å². The van der Waals surface area contributed by atoms with Crippen LogP contribution >= 0.6 is 0 Å². The van der Waals surface area contributed by atoms with Gasteiger partial charge in [-0.1, -0.05) is 18.2 Å². The number of cyclic esters (lactones) is 1. The van der Waals surface area contributed by atoms with Crippen LogP contribution in [-0.2, 0) is 20.4 Å². The SMILES string of the molecule is CC1(CS(N)(=O)=O)OC(=O)c2ccccc21. The summed E-state index contributed by atoms with van der Waals surface area (Å²) in [6, 6.07) is 6.70. The molecular weight excluding hydrogens is 230 g/mol. The molecule has 0 spiro atoms. The number of rotatable bonds is 2. The van der Waals surface area contributed by atoms with E-state index in [2.05, 4.69) is 0 Å². The Morgan fingerprint density at radius 3 is 2.62 bits per heavy atom. The van der Waals surface area contributed by atoms with Crippen molar-refractivity contribution in [3.05, 3.63) is 35.4 Å². The molecule has 1 aliphatic rings. The van der Waals surface area contributed by atoms with E-state index in [0.29, 0.717) is 11.1 Å². The number of primary sulfonamides is 1. The molecule has 1 heterocycles. The molecule has 1 aliphatic heterocycles. The van der Waals surface area contributed by atoms with E-state index in [4.69, 9.17) is 9.88 Å². The van der Waals surface area contributed by atoms with E-state index in [1.807, 2.05) is 0 Å². The van der Waals surface area contributed by atoms with Gasteiger partial charge in [0.15, 0.2) is 5.60 Å². The monoisotopic (exact) mass is 241 g/mol. The van der Waals surface area contributed by atoms with Crippen LogP contribution < -0.4 is 5.14 Å². The van der Waals surface area contributed by atoms with Crippen molar-refractivity contribution < 1.29 is 17.9 Å². The summed E-state index contributed by atoms with van der Waals surface area (Å²) in [7, 11) is -3.71. The standard InChI is InChI=1S/C10H11NO4S/c1-10(6-16(11,13)14)8-5-3-2-4-7(8)9(12)15-10/h2-5H,6H2,1H3,(H2,11,13,14). The number of fused-ring (bicyclic) bond motifs is 1. The van der Waals surface area contributed by atoms with Gasteiger partial charge in [-0.3, -0.25) is 0 Å². The van der Waals surface area contributed by atoms with Gasteiger partial charge in [0.2, 0.25) is 10.0 Å². The van der Waals surface area contributed by atoms with E-state index in [1.54, 1.807) is 31.2 Å². The van der Waals surface area contributed by atoms with Crippen molar-refractivity contribution in [2.75, 3.05) is 5.75 Å². The lowest BCUT2D eigenvalue weighted by atomic mass is 9.96. The van der Waals surface area contributed by atoms with E-state index in [-0.39, 0.29) is 0 Å². The third-order valence-electron chi connectivity index (χ3n) is 2.51. The first-order chi connectivity index (χ1) is 7.32. The smallest absolute Gasteiger partial charge is 0.339 e. The molecule has 2 rings (SSSR count). The summed E-state index contributed by atoms with van der Waals surface area (Å²) < 4.78 is 27.3. The Labute approximate surface area is 93.3 Å². The molecule has 0 aromatic heterocycles. The van der Waals surface area contributed by atoms with Gasteiger partial charge in [0.25, 0.3) is 0 Å². The van der Waals surface area contributed by atoms with Crippen LogP contribution in [0.3, 0.4) is 0 Å². The van der Waals surface area contributed by atoms with Crippen molar-refractivity contribution in [1.82, 2.24) is 0 Å². The van der Waals surface area contributed by atoms with E-state index < -0.39 is 27.3 Å². The molecule has 0 aliphatic carbocycles. The maximum absolute atomic E-state index is 11.5. The summed E-state index contributed by atoms with van der Waals surface area (Å²) in [5.41, 5.74) is -0.218. The van der Waals surface area contributed by atoms with Gasteiger partial charge in [-0.25, -0.2) is 18.4 Å². The summed E-state index contributed by atoms with van der Waals surface area (Å²) in [5, 5.41) is 4.98. The first kappa shape index (κ1) is 11.1. The Bertz CT molecular complexity index is 552. The number of hydrogen-bond donors (Lipinski definition) is 1. The number of esters is 1. The minimum Gasteiger partial charge on any atom is -0.450 e. The number of nitrogens with two attached hydrogens (primary N) is 1. The molecule has 0 amide bonds. The van der Waals surface area contributed by atoms with E-state index in [0.717, 1.165) is 0 Å². The Hall–Kier alpha value is -1.40. The van der Waals surface area contributed by atoms with Crippen LogP contribution in [0.1, 0.15) is 22.8 Å². The van der Waals surface area contributed by atoms with Crippen molar-refractivity contribution in [2.24, 2.45) is 5.14 Å². The highest BCUT2D eigenvalue weighted by Gasteiger charge is 2.43. The average Bonchev–Trinajstić information content (AvgIpc) is 2.37. The lowest BCUT2D eigenvalue weighted by Crippen LogP contribution is -2.35. The molecule has 1 unspecified atom stereocenters.